The lowest BCUT2D eigenvalue weighted by Gasteiger charge is -2.06. The average Bonchev–Trinajstić information content (AvgIpc) is 2.08. The normalized spacial score (nSPS) is 9.80. The number of carbonyl (C=O) groups is 1. The summed E-state index contributed by atoms with van der Waals surface area (Å²) in [7, 11) is 0. The van der Waals surface area contributed by atoms with Crippen LogP contribution in [0.25, 0.3) is 0 Å². The highest BCUT2D eigenvalue weighted by Crippen LogP contribution is 2.32. The number of rotatable bonds is 2. The van der Waals surface area contributed by atoms with Gasteiger partial charge in [-0.1, -0.05) is 6.07 Å². The molecule has 1 rings (SSSR count). The molecule has 0 amide bonds. The second kappa shape index (κ2) is 4.27. The Labute approximate surface area is 90.8 Å². The van der Waals surface area contributed by atoms with E-state index in [4.69, 9.17) is 11.6 Å². The van der Waals surface area contributed by atoms with E-state index in [-0.39, 0.29) is 11.4 Å². The van der Waals surface area contributed by atoms with Gasteiger partial charge in [0.25, 0.3) is 0 Å². The first-order valence-electron chi connectivity index (χ1n) is 4.04. The molecule has 0 aromatic heterocycles. The second-order valence-corrected chi connectivity index (χ2v) is 3.34. The van der Waals surface area contributed by atoms with Crippen LogP contribution in [-0.2, 0) is 0 Å². The fourth-order valence-electron chi connectivity index (χ4n) is 1.28. The molecule has 1 aromatic carbocycles. The lowest BCUT2D eigenvalue weighted by atomic mass is 10.1. The molecule has 0 fully saturated rings. The third-order valence-corrected chi connectivity index (χ3v) is 1.86. The standard InChI is InChI=1S/C9H8ClNO4/c1-5-3-6(2)8(15-9(10)12)7(4-5)11(13)14/h3-4H,1-2H3. The molecule has 0 aliphatic heterocycles. The number of aryl methyl sites for hydroxylation is 2. The van der Waals surface area contributed by atoms with Crippen LogP contribution in [0.2, 0.25) is 0 Å². The highest BCUT2D eigenvalue weighted by Gasteiger charge is 2.20. The molecule has 15 heavy (non-hydrogen) atoms. The predicted octanol–water partition coefficient (Wildman–Crippen LogP) is 2.95. The van der Waals surface area contributed by atoms with Crippen molar-refractivity contribution in [2.24, 2.45) is 0 Å². The Balaban J connectivity index is 3.33. The minimum atomic E-state index is -1.09. The predicted molar refractivity (Wildman–Crippen MR) is 54.4 cm³/mol. The Kier molecular flexibility index (Phi) is 3.26. The van der Waals surface area contributed by atoms with Crippen LogP contribution >= 0.6 is 11.6 Å². The largest absolute Gasteiger partial charge is 0.409 e. The number of nitrogens with zero attached hydrogens (tertiary/aromatic N) is 1. The van der Waals surface area contributed by atoms with Crippen molar-refractivity contribution in [1.29, 1.82) is 0 Å². The average molecular weight is 230 g/mol. The Morgan fingerprint density at radius 3 is 2.53 bits per heavy atom. The molecule has 5 nitrogen and oxygen atoms in total. The third kappa shape index (κ3) is 2.66. The Hall–Kier alpha value is -1.62. The minimum absolute atomic E-state index is 0.106. The number of carbonyl (C=O) groups excluding carboxylic acids is 1. The number of benzene rings is 1. The van der Waals surface area contributed by atoms with Crippen LogP contribution in [0, 0.1) is 24.0 Å². The van der Waals surface area contributed by atoms with E-state index in [1.54, 1.807) is 19.9 Å². The lowest BCUT2D eigenvalue weighted by Crippen LogP contribution is -2.02. The van der Waals surface area contributed by atoms with Gasteiger partial charge in [0.05, 0.1) is 4.92 Å². The van der Waals surface area contributed by atoms with Gasteiger partial charge in [0.2, 0.25) is 5.75 Å². The van der Waals surface area contributed by atoms with Crippen molar-refractivity contribution in [3.63, 3.8) is 0 Å². The molecular formula is C9H8ClNO4. The second-order valence-electron chi connectivity index (χ2n) is 3.03. The van der Waals surface area contributed by atoms with E-state index in [0.29, 0.717) is 11.1 Å². The number of hydrogen-bond acceptors (Lipinski definition) is 4. The van der Waals surface area contributed by atoms with E-state index in [1.165, 1.54) is 6.07 Å². The molecule has 0 N–H and O–H groups in total. The fraction of sp³-hybridized carbons (Fsp3) is 0.222. The molecule has 6 heteroatoms. The van der Waals surface area contributed by atoms with Crippen molar-refractivity contribution in [1.82, 2.24) is 0 Å². The summed E-state index contributed by atoms with van der Waals surface area (Å²) in [5.74, 6) is -0.106. The van der Waals surface area contributed by atoms with Gasteiger partial charge in [0.1, 0.15) is 0 Å². The molecule has 0 unspecified atom stereocenters. The van der Waals surface area contributed by atoms with Crippen LogP contribution in [0.15, 0.2) is 12.1 Å². The van der Waals surface area contributed by atoms with Crippen molar-refractivity contribution in [2.75, 3.05) is 0 Å². The van der Waals surface area contributed by atoms with Gasteiger partial charge < -0.3 is 4.74 Å². The summed E-state index contributed by atoms with van der Waals surface area (Å²) in [4.78, 5) is 20.6. The van der Waals surface area contributed by atoms with Crippen molar-refractivity contribution in [3.8, 4) is 5.75 Å². The number of nitro groups is 1. The third-order valence-electron chi connectivity index (χ3n) is 1.78. The van der Waals surface area contributed by atoms with Gasteiger partial charge in [-0.3, -0.25) is 10.1 Å². The van der Waals surface area contributed by atoms with Crippen LogP contribution in [-0.4, -0.2) is 10.4 Å². The van der Waals surface area contributed by atoms with Gasteiger partial charge in [0.15, 0.2) is 0 Å². The molecule has 0 aliphatic rings. The Bertz CT molecular complexity index is 430. The van der Waals surface area contributed by atoms with Gasteiger partial charge >= 0.3 is 11.1 Å². The SMILES string of the molecule is Cc1cc(C)c(OC(=O)Cl)c([N+](=O)[O-])c1. The summed E-state index contributed by atoms with van der Waals surface area (Å²) in [6.45, 7) is 3.32. The smallest absolute Gasteiger partial charge is 0.407 e. The van der Waals surface area contributed by atoms with Crippen LogP contribution < -0.4 is 4.74 Å². The number of halogens is 1. The maximum atomic E-state index is 10.7. The minimum Gasteiger partial charge on any atom is -0.407 e. The molecule has 80 valence electrons. The van der Waals surface area contributed by atoms with E-state index in [1.807, 2.05) is 0 Å². The number of ether oxygens (including phenoxy) is 1. The zero-order valence-corrected chi connectivity index (χ0v) is 8.87. The van der Waals surface area contributed by atoms with Crippen LogP contribution in [0.3, 0.4) is 0 Å². The van der Waals surface area contributed by atoms with E-state index in [2.05, 4.69) is 4.74 Å². The Morgan fingerprint density at radius 1 is 1.47 bits per heavy atom. The van der Waals surface area contributed by atoms with Crippen LogP contribution in [0.5, 0.6) is 5.75 Å². The van der Waals surface area contributed by atoms with Crippen molar-refractivity contribution < 1.29 is 14.5 Å². The molecule has 0 saturated heterocycles. The molecule has 1 aromatic rings. The highest BCUT2D eigenvalue weighted by molar-refractivity contribution is 6.61. The summed E-state index contributed by atoms with van der Waals surface area (Å²) < 4.78 is 4.58. The van der Waals surface area contributed by atoms with Crippen molar-refractivity contribution in [2.45, 2.75) is 13.8 Å². The zero-order valence-electron chi connectivity index (χ0n) is 8.11. The number of nitro benzene ring substituents is 1. The van der Waals surface area contributed by atoms with E-state index >= 15 is 0 Å². The summed E-state index contributed by atoms with van der Waals surface area (Å²) in [6, 6.07) is 2.99. The topological polar surface area (TPSA) is 69.4 Å². The highest BCUT2D eigenvalue weighted by atomic mass is 35.5. The van der Waals surface area contributed by atoms with Gasteiger partial charge in [0, 0.05) is 17.7 Å². The number of hydrogen-bond donors (Lipinski definition) is 0. The van der Waals surface area contributed by atoms with E-state index in [0.717, 1.165) is 0 Å². The van der Waals surface area contributed by atoms with Crippen molar-refractivity contribution >= 4 is 22.7 Å². The summed E-state index contributed by atoms with van der Waals surface area (Å²) in [5, 5.41) is 10.7. The van der Waals surface area contributed by atoms with E-state index < -0.39 is 10.4 Å². The van der Waals surface area contributed by atoms with Crippen molar-refractivity contribution in [3.05, 3.63) is 33.4 Å². The molecule has 0 spiro atoms. The molecular weight excluding hydrogens is 222 g/mol. The first-order chi connectivity index (χ1) is 6.91. The van der Waals surface area contributed by atoms with Crippen LogP contribution in [0.1, 0.15) is 11.1 Å². The first kappa shape index (κ1) is 11.5. The zero-order chi connectivity index (χ0) is 11.6. The fourth-order valence-corrected chi connectivity index (χ4v) is 1.36. The summed E-state index contributed by atoms with van der Waals surface area (Å²) in [5.41, 5.74) is -0.143. The molecule has 0 heterocycles. The molecule has 0 saturated carbocycles. The lowest BCUT2D eigenvalue weighted by molar-refractivity contribution is -0.385. The monoisotopic (exact) mass is 229 g/mol. The first-order valence-corrected chi connectivity index (χ1v) is 4.42. The van der Waals surface area contributed by atoms with E-state index in [9.17, 15) is 14.9 Å². The molecule has 0 atom stereocenters. The van der Waals surface area contributed by atoms with Crippen LogP contribution in [0.4, 0.5) is 10.5 Å². The van der Waals surface area contributed by atoms with Gasteiger partial charge in [-0.25, -0.2) is 4.79 Å². The summed E-state index contributed by atoms with van der Waals surface area (Å²) in [6.07, 6.45) is 0. The molecule has 0 aliphatic carbocycles. The van der Waals surface area contributed by atoms with Gasteiger partial charge in [-0.2, -0.15) is 0 Å². The molecule has 0 bridgehead atoms. The maximum absolute atomic E-state index is 10.7. The van der Waals surface area contributed by atoms with Gasteiger partial charge in [-0.15, -0.1) is 0 Å². The Morgan fingerprint density at radius 2 is 2.07 bits per heavy atom. The molecule has 0 radical (unpaired) electrons. The quantitative estimate of drug-likeness (QED) is 0.444. The van der Waals surface area contributed by atoms with Gasteiger partial charge in [-0.05, 0) is 25.0 Å². The maximum Gasteiger partial charge on any atom is 0.409 e. The summed E-state index contributed by atoms with van der Waals surface area (Å²) >= 11 is 5.02.